The minimum atomic E-state index is -4.85. The van der Waals surface area contributed by atoms with Gasteiger partial charge in [-0.2, -0.15) is 0 Å². The molecule has 332 valence electrons. The second-order valence-electron chi connectivity index (χ2n) is 17.0. The summed E-state index contributed by atoms with van der Waals surface area (Å²) in [5.41, 5.74) is 4.10. The molecule has 3 N–H and O–H groups in total. The fourth-order valence-electron chi connectivity index (χ4n) is 8.50. The largest absolute Gasteiger partial charge is 0.455 e. The first-order valence-electron chi connectivity index (χ1n) is 20.8. The van der Waals surface area contributed by atoms with Gasteiger partial charge in [0.1, 0.15) is 22.8 Å². The summed E-state index contributed by atoms with van der Waals surface area (Å²) in [7, 11) is -4.85. The molecule has 1 amide bonds. The Balaban J connectivity index is 1.03. The molecular weight excluding hydrogens is 853 g/mol. The van der Waals surface area contributed by atoms with Gasteiger partial charge in [-0.05, 0) is 85.2 Å². The lowest BCUT2D eigenvalue weighted by atomic mass is 9.72. The molecule has 2 aromatic heterocycles. The number of halogens is 2. The van der Waals surface area contributed by atoms with Gasteiger partial charge < -0.3 is 29.4 Å². The fraction of sp³-hybridized carbons (Fsp3) is 0.378. The lowest BCUT2D eigenvalue weighted by molar-refractivity contribution is -0.384. The number of anilines is 2. The smallest absolute Gasteiger partial charge is 0.296 e. The Morgan fingerprint density at radius 3 is 2.67 bits per heavy atom. The maximum absolute atomic E-state index is 15.5. The van der Waals surface area contributed by atoms with Gasteiger partial charge in [-0.1, -0.05) is 43.2 Å². The highest BCUT2D eigenvalue weighted by Crippen LogP contribution is 2.43. The lowest BCUT2D eigenvalue weighted by Gasteiger charge is -2.43. The second kappa shape index (κ2) is 18.3. The molecule has 3 aliphatic rings. The molecule has 8 rings (SSSR count). The number of benzene rings is 3. The maximum atomic E-state index is 15.5. The summed E-state index contributed by atoms with van der Waals surface area (Å²) in [5, 5.41) is 16.2. The zero-order valence-corrected chi connectivity index (χ0v) is 36.7. The number of nitro benzene ring substituents is 1. The number of H-pyrrole nitrogens is 1. The van der Waals surface area contributed by atoms with Crippen LogP contribution >= 0.6 is 11.6 Å². The van der Waals surface area contributed by atoms with Crippen LogP contribution in [0.3, 0.4) is 0 Å². The van der Waals surface area contributed by atoms with Crippen LogP contribution in [0.5, 0.6) is 11.5 Å². The molecule has 15 nitrogen and oxygen atoms in total. The lowest BCUT2D eigenvalue weighted by Crippen LogP contribution is -2.52. The minimum Gasteiger partial charge on any atom is -0.455 e. The van der Waals surface area contributed by atoms with E-state index in [0.29, 0.717) is 54.9 Å². The molecule has 2 atom stereocenters. The first-order valence-corrected chi connectivity index (χ1v) is 22.7. The van der Waals surface area contributed by atoms with Gasteiger partial charge in [0, 0.05) is 73.2 Å². The van der Waals surface area contributed by atoms with Crippen molar-refractivity contribution < 1.29 is 36.7 Å². The van der Waals surface area contributed by atoms with E-state index >= 15 is 4.39 Å². The Bertz CT molecular complexity index is 2670. The third kappa shape index (κ3) is 10.1. The number of nitro groups is 1. The third-order valence-electron chi connectivity index (χ3n) is 11.9. The number of sulfonamides is 1. The Morgan fingerprint density at radius 2 is 1.92 bits per heavy atom. The SMILES string of the molecule is C[C@@H]1CN(c2ccc(C(=O)NS(=O)(=O)c3cc(F)c(NC[C@H]4COCCO4)c([N+](=O)[O-])c3)c(Oc3cnc4[nH]ccc4c3)c2)CCN1CC1=C(c2ccc(Cl)cc2)CCC(C)(C)C1. The van der Waals surface area contributed by atoms with E-state index in [9.17, 15) is 23.3 Å². The average molecular weight is 902 g/mol. The first-order chi connectivity index (χ1) is 30.1. The van der Waals surface area contributed by atoms with Crippen LogP contribution < -0.4 is 19.7 Å². The van der Waals surface area contributed by atoms with E-state index in [1.807, 2.05) is 22.9 Å². The molecule has 1 aliphatic carbocycles. The van der Waals surface area contributed by atoms with Gasteiger partial charge in [-0.3, -0.25) is 19.8 Å². The molecule has 3 aromatic carbocycles. The number of carbonyl (C=O) groups excluding carboxylic acids is 1. The van der Waals surface area contributed by atoms with Crippen molar-refractivity contribution in [1.29, 1.82) is 0 Å². The fourth-order valence-corrected chi connectivity index (χ4v) is 9.63. The quantitative estimate of drug-likeness (QED) is 0.0763. The number of piperazine rings is 1. The van der Waals surface area contributed by atoms with Crippen LogP contribution in [0.1, 0.15) is 56.0 Å². The molecule has 0 unspecified atom stereocenters. The Morgan fingerprint density at radius 1 is 1.11 bits per heavy atom. The normalized spacial score (nSPS) is 19.5. The molecular formula is C45H49ClFN7O8S. The Labute approximate surface area is 369 Å². The zero-order chi connectivity index (χ0) is 44.5. The number of amides is 1. The van der Waals surface area contributed by atoms with Crippen molar-refractivity contribution in [2.24, 2.45) is 5.41 Å². The highest BCUT2D eigenvalue weighted by atomic mass is 35.5. The topological polar surface area (TPSA) is 181 Å². The summed E-state index contributed by atoms with van der Waals surface area (Å²) in [6.07, 6.45) is 5.83. The molecule has 63 heavy (non-hydrogen) atoms. The van der Waals surface area contributed by atoms with E-state index < -0.39 is 49.0 Å². The number of pyridine rings is 1. The number of nitrogens with one attached hydrogen (secondary N) is 3. The highest BCUT2D eigenvalue weighted by Gasteiger charge is 2.33. The van der Waals surface area contributed by atoms with E-state index in [4.69, 9.17) is 25.8 Å². The van der Waals surface area contributed by atoms with Gasteiger partial charge in [0.25, 0.3) is 21.6 Å². The number of hydrogen-bond acceptors (Lipinski definition) is 12. The van der Waals surface area contributed by atoms with Crippen LogP contribution in [-0.4, -0.2) is 98.8 Å². The number of allylic oxidation sites excluding steroid dienone is 1. The molecule has 5 aromatic rings. The number of nitrogens with zero attached hydrogens (tertiary/aromatic N) is 4. The Hall–Kier alpha value is -5.59. The van der Waals surface area contributed by atoms with E-state index in [1.54, 1.807) is 24.4 Å². The van der Waals surface area contributed by atoms with Crippen molar-refractivity contribution in [2.45, 2.75) is 57.1 Å². The molecule has 0 saturated carbocycles. The average Bonchev–Trinajstić information content (AvgIpc) is 3.72. The van der Waals surface area contributed by atoms with Gasteiger partial charge in [0.05, 0.1) is 47.5 Å². The predicted octanol–water partition coefficient (Wildman–Crippen LogP) is 8.18. The summed E-state index contributed by atoms with van der Waals surface area (Å²) in [4.78, 5) is 36.4. The Kier molecular flexibility index (Phi) is 12.8. The third-order valence-corrected chi connectivity index (χ3v) is 13.4. The van der Waals surface area contributed by atoms with Crippen LogP contribution in [0.4, 0.5) is 21.5 Å². The summed E-state index contributed by atoms with van der Waals surface area (Å²) >= 11 is 6.24. The van der Waals surface area contributed by atoms with Crippen LogP contribution in [0, 0.1) is 21.3 Å². The molecule has 2 aliphatic heterocycles. The van der Waals surface area contributed by atoms with Gasteiger partial charge in [0.2, 0.25) is 0 Å². The van der Waals surface area contributed by atoms with Crippen LogP contribution in [-0.2, 0) is 19.5 Å². The highest BCUT2D eigenvalue weighted by molar-refractivity contribution is 7.90. The minimum absolute atomic E-state index is 0.0246. The molecule has 2 saturated heterocycles. The molecule has 0 radical (unpaired) electrons. The number of aromatic amines is 1. The monoisotopic (exact) mass is 901 g/mol. The van der Waals surface area contributed by atoms with Gasteiger partial charge >= 0.3 is 0 Å². The van der Waals surface area contributed by atoms with Crippen molar-refractivity contribution in [3.05, 3.63) is 117 Å². The van der Waals surface area contributed by atoms with E-state index in [1.165, 1.54) is 29.0 Å². The van der Waals surface area contributed by atoms with E-state index in [2.05, 4.69) is 58.0 Å². The standard InChI is InChI=1S/C45H49ClFN7O8S/c1-28-25-53(15-14-52(28)26-31-22-45(2,3)12-10-37(31)29-4-6-32(46)7-5-29)33-8-9-38(41(19-33)62-34-18-30-11-13-48-43(30)50-23-34)44(55)51-63(58,59)36-20-39(47)42(40(21-36)54(56)57)49-24-35-27-60-16-17-61-35/h4-9,11,13,18-21,23,28,35,49H,10,12,14-17,22,24-27H2,1-3H3,(H,48,50)(H,51,55)/t28-,35+/m1/s1. The van der Waals surface area contributed by atoms with Crippen molar-refractivity contribution in [2.75, 3.05) is 62.8 Å². The van der Waals surface area contributed by atoms with Crippen LogP contribution in [0.15, 0.2) is 89.6 Å². The molecule has 0 spiro atoms. The number of ether oxygens (including phenoxy) is 3. The summed E-state index contributed by atoms with van der Waals surface area (Å²) in [6, 6.07) is 18.0. The van der Waals surface area contributed by atoms with Crippen molar-refractivity contribution in [3.8, 4) is 11.5 Å². The van der Waals surface area contributed by atoms with Gasteiger partial charge in [0.15, 0.2) is 5.82 Å². The number of aromatic nitrogens is 2. The number of hydrogen-bond donors (Lipinski definition) is 3. The van der Waals surface area contributed by atoms with Crippen molar-refractivity contribution >= 4 is 61.2 Å². The van der Waals surface area contributed by atoms with Crippen LogP contribution in [0.25, 0.3) is 16.6 Å². The van der Waals surface area contributed by atoms with Gasteiger partial charge in [-0.25, -0.2) is 22.5 Å². The summed E-state index contributed by atoms with van der Waals surface area (Å²) in [5.74, 6) is -1.96. The first kappa shape index (κ1) is 44.0. The summed E-state index contributed by atoms with van der Waals surface area (Å²) in [6.45, 7) is 10.7. The summed E-state index contributed by atoms with van der Waals surface area (Å²) < 4.78 is 61.9. The molecule has 4 heterocycles. The van der Waals surface area contributed by atoms with E-state index in [-0.39, 0.29) is 35.9 Å². The van der Waals surface area contributed by atoms with E-state index in [0.717, 1.165) is 43.4 Å². The molecule has 2 fully saturated rings. The van der Waals surface area contributed by atoms with Crippen molar-refractivity contribution in [1.82, 2.24) is 19.6 Å². The molecule has 0 bridgehead atoms. The van der Waals surface area contributed by atoms with Crippen LogP contribution in [0.2, 0.25) is 5.02 Å². The molecule has 18 heteroatoms. The number of carbonyl (C=O) groups is 1. The number of rotatable bonds is 13. The van der Waals surface area contributed by atoms with Crippen molar-refractivity contribution in [3.63, 3.8) is 0 Å². The maximum Gasteiger partial charge on any atom is 0.296 e. The predicted molar refractivity (Wildman–Crippen MR) is 239 cm³/mol. The zero-order valence-electron chi connectivity index (χ0n) is 35.2. The van der Waals surface area contributed by atoms with Gasteiger partial charge in [-0.15, -0.1) is 0 Å². The second-order valence-corrected chi connectivity index (χ2v) is 19.1. The number of fused-ring (bicyclic) bond motifs is 1.